The van der Waals surface area contributed by atoms with Gasteiger partial charge in [-0.25, -0.2) is 0 Å². The molecule has 1 fully saturated rings. The summed E-state index contributed by atoms with van der Waals surface area (Å²) in [5.41, 5.74) is 2.37. The van der Waals surface area contributed by atoms with Crippen molar-refractivity contribution in [2.45, 2.75) is 52.0 Å². The van der Waals surface area contributed by atoms with Gasteiger partial charge in [0.05, 0.1) is 0 Å². The highest BCUT2D eigenvalue weighted by atomic mass is 16.3. The van der Waals surface area contributed by atoms with Gasteiger partial charge in [0.2, 0.25) is 0 Å². The molecule has 1 heterocycles. The second-order valence-corrected chi connectivity index (χ2v) is 6.44. The molecule has 0 saturated carbocycles. The predicted octanol–water partition coefficient (Wildman–Crippen LogP) is 3.68. The van der Waals surface area contributed by atoms with Gasteiger partial charge in [0.25, 0.3) is 0 Å². The Hall–Kier alpha value is -1.02. The third-order valence-corrected chi connectivity index (χ3v) is 3.72. The van der Waals surface area contributed by atoms with E-state index in [2.05, 4.69) is 37.8 Å². The fraction of sp³-hybridized carbons (Fsp3) is 0.625. The summed E-state index contributed by atoms with van der Waals surface area (Å²) in [5, 5.41) is 9.96. The van der Waals surface area contributed by atoms with Gasteiger partial charge in [-0.15, -0.1) is 0 Å². The van der Waals surface area contributed by atoms with E-state index >= 15 is 0 Å². The Kier molecular flexibility index (Phi) is 3.96. The van der Waals surface area contributed by atoms with E-state index in [9.17, 15) is 5.11 Å². The van der Waals surface area contributed by atoms with Gasteiger partial charge < -0.3 is 5.11 Å². The van der Waals surface area contributed by atoms with Crippen LogP contribution < -0.4 is 0 Å². The summed E-state index contributed by atoms with van der Waals surface area (Å²) >= 11 is 0. The van der Waals surface area contributed by atoms with Crippen molar-refractivity contribution in [2.24, 2.45) is 0 Å². The van der Waals surface area contributed by atoms with E-state index in [0.717, 1.165) is 12.1 Å². The number of likely N-dealkylation sites (tertiary alicyclic amines) is 1. The van der Waals surface area contributed by atoms with E-state index in [1.807, 2.05) is 6.07 Å². The van der Waals surface area contributed by atoms with Gasteiger partial charge in [-0.05, 0) is 48.5 Å². The molecular weight excluding hydrogens is 222 g/mol. The Morgan fingerprint density at radius 1 is 1.11 bits per heavy atom. The first-order chi connectivity index (χ1) is 8.47. The van der Waals surface area contributed by atoms with Crippen molar-refractivity contribution in [3.05, 3.63) is 29.3 Å². The Bertz CT molecular complexity index is 400. The van der Waals surface area contributed by atoms with Gasteiger partial charge in [0, 0.05) is 6.54 Å². The van der Waals surface area contributed by atoms with Crippen LogP contribution in [-0.2, 0) is 12.0 Å². The van der Waals surface area contributed by atoms with Crippen LogP contribution in [0.3, 0.4) is 0 Å². The van der Waals surface area contributed by atoms with Gasteiger partial charge >= 0.3 is 0 Å². The number of phenols is 1. The molecule has 0 bridgehead atoms. The van der Waals surface area contributed by atoms with Gasteiger partial charge in [0.1, 0.15) is 5.75 Å². The molecule has 0 amide bonds. The number of piperidine rings is 1. The molecule has 1 N–H and O–H groups in total. The van der Waals surface area contributed by atoms with Crippen LogP contribution in [0.4, 0.5) is 0 Å². The van der Waals surface area contributed by atoms with Crippen molar-refractivity contribution in [3.63, 3.8) is 0 Å². The summed E-state index contributed by atoms with van der Waals surface area (Å²) < 4.78 is 0. The molecule has 0 radical (unpaired) electrons. The second-order valence-electron chi connectivity index (χ2n) is 6.44. The van der Waals surface area contributed by atoms with E-state index < -0.39 is 0 Å². The second kappa shape index (κ2) is 5.31. The molecule has 100 valence electrons. The molecule has 2 nitrogen and oxygen atoms in total. The number of nitrogens with zero attached hydrogens (tertiary/aromatic N) is 1. The summed E-state index contributed by atoms with van der Waals surface area (Å²) in [4.78, 5) is 2.52. The Morgan fingerprint density at radius 3 is 2.39 bits per heavy atom. The Morgan fingerprint density at radius 2 is 1.78 bits per heavy atom. The molecule has 0 aliphatic carbocycles. The van der Waals surface area contributed by atoms with Crippen molar-refractivity contribution in [1.29, 1.82) is 0 Å². The van der Waals surface area contributed by atoms with Gasteiger partial charge in [-0.3, -0.25) is 4.90 Å². The molecule has 2 heteroatoms. The first-order valence-corrected chi connectivity index (χ1v) is 7.01. The van der Waals surface area contributed by atoms with Crippen LogP contribution in [0.2, 0.25) is 0 Å². The molecule has 1 aliphatic rings. The zero-order valence-corrected chi connectivity index (χ0v) is 11.9. The SMILES string of the molecule is CC(C)(C)c1cc(CN2CCCCC2)ccc1O. The van der Waals surface area contributed by atoms with Crippen LogP contribution >= 0.6 is 0 Å². The summed E-state index contributed by atoms with van der Waals surface area (Å²) in [6, 6.07) is 6.07. The first kappa shape index (κ1) is 13.4. The van der Waals surface area contributed by atoms with Crippen molar-refractivity contribution in [3.8, 4) is 5.75 Å². The summed E-state index contributed by atoms with van der Waals surface area (Å²) in [6.45, 7) is 9.88. The molecule has 0 atom stereocenters. The molecule has 2 rings (SSSR count). The topological polar surface area (TPSA) is 23.5 Å². The molecule has 0 aromatic heterocycles. The average molecular weight is 247 g/mol. The summed E-state index contributed by atoms with van der Waals surface area (Å²) in [7, 11) is 0. The van der Waals surface area contributed by atoms with E-state index in [0.29, 0.717) is 5.75 Å². The first-order valence-electron chi connectivity index (χ1n) is 7.01. The molecular formula is C16H25NO. The quantitative estimate of drug-likeness (QED) is 0.862. The number of rotatable bonds is 2. The monoisotopic (exact) mass is 247 g/mol. The molecule has 1 saturated heterocycles. The third-order valence-electron chi connectivity index (χ3n) is 3.72. The minimum atomic E-state index is 0.00198. The lowest BCUT2D eigenvalue weighted by molar-refractivity contribution is 0.220. The minimum Gasteiger partial charge on any atom is -0.508 e. The smallest absolute Gasteiger partial charge is 0.119 e. The lowest BCUT2D eigenvalue weighted by atomic mass is 9.85. The highest BCUT2D eigenvalue weighted by Gasteiger charge is 2.19. The highest BCUT2D eigenvalue weighted by molar-refractivity contribution is 5.40. The number of aromatic hydroxyl groups is 1. The predicted molar refractivity (Wildman–Crippen MR) is 75.9 cm³/mol. The van der Waals surface area contributed by atoms with Crippen molar-refractivity contribution in [1.82, 2.24) is 4.90 Å². The summed E-state index contributed by atoms with van der Waals surface area (Å²) in [5.74, 6) is 0.421. The van der Waals surface area contributed by atoms with Crippen LogP contribution in [0.1, 0.15) is 51.2 Å². The normalized spacial score (nSPS) is 17.9. The van der Waals surface area contributed by atoms with E-state index in [4.69, 9.17) is 0 Å². The molecule has 0 spiro atoms. The minimum absolute atomic E-state index is 0.00198. The number of hydrogen-bond donors (Lipinski definition) is 1. The standard InChI is InChI=1S/C16H25NO/c1-16(2,3)14-11-13(7-8-15(14)18)12-17-9-5-4-6-10-17/h7-8,11,18H,4-6,9-10,12H2,1-3H3. The van der Waals surface area contributed by atoms with Crippen LogP contribution in [0.25, 0.3) is 0 Å². The maximum absolute atomic E-state index is 9.96. The average Bonchev–Trinajstić information content (AvgIpc) is 2.31. The van der Waals surface area contributed by atoms with Crippen LogP contribution in [0.15, 0.2) is 18.2 Å². The lowest BCUT2D eigenvalue weighted by Crippen LogP contribution is -2.29. The molecule has 1 aromatic rings. The largest absolute Gasteiger partial charge is 0.508 e. The van der Waals surface area contributed by atoms with E-state index in [-0.39, 0.29) is 5.41 Å². The maximum atomic E-state index is 9.96. The summed E-state index contributed by atoms with van der Waals surface area (Å²) in [6.07, 6.45) is 4.02. The van der Waals surface area contributed by atoms with Crippen LogP contribution in [-0.4, -0.2) is 23.1 Å². The van der Waals surface area contributed by atoms with Crippen molar-refractivity contribution < 1.29 is 5.11 Å². The fourth-order valence-corrected chi connectivity index (χ4v) is 2.66. The van der Waals surface area contributed by atoms with Crippen LogP contribution in [0, 0.1) is 0 Å². The third kappa shape index (κ3) is 3.26. The van der Waals surface area contributed by atoms with Crippen molar-refractivity contribution in [2.75, 3.05) is 13.1 Å². The van der Waals surface area contributed by atoms with Crippen molar-refractivity contribution >= 4 is 0 Å². The molecule has 0 unspecified atom stereocenters. The number of hydrogen-bond acceptors (Lipinski definition) is 2. The van der Waals surface area contributed by atoms with Gasteiger partial charge in [0.15, 0.2) is 0 Å². The van der Waals surface area contributed by atoms with Crippen LogP contribution in [0.5, 0.6) is 5.75 Å². The van der Waals surface area contributed by atoms with Gasteiger partial charge in [-0.2, -0.15) is 0 Å². The molecule has 1 aromatic carbocycles. The zero-order chi connectivity index (χ0) is 13.2. The number of benzene rings is 1. The Balaban J connectivity index is 2.14. The highest BCUT2D eigenvalue weighted by Crippen LogP contribution is 2.31. The fourth-order valence-electron chi connectivity index (χ4n) is 2.66. The lowest BCUT2D eigenvalue weighted by Gasteiger charge is -2.27. The molecule has 1 aliphatic heterocycles. The van der Waals surface area contributed by atoms with E-state index in [1.54, 1.807) is 0 Å². The zero-order valence-electron chi connectivity index (χ0n) is 11.9. The Labute approximate surface area is 111 Å². The van der Waals surface area contributed by atoms with E-state index in [1.165, 1.54) is 37.9 Å². The maximum Gasteiger partial charge on any atom is 0.119 e. The number of phenolic OH excluding ortho intramolecular Hbond substituents is 1. The van der Waals surface area contributed by atoms with Gasteiger partial charge in [-0.1, -0.05) is 39.3 Å². The molecule has 18 heavy (non-hydrogen) atoms.